The molecule has 0 saturated carbocycles. The van der Waals surface area contributed by atoms with E-state index in [-0.39, 0.29) is 5.88 Å². The molecule has 0 aliphatic heterocycles. The van der Waals surface area contributed by atoms with E-state index >= 15 is 0 Å². The fourth-order valence-electron chi connectivity index (χ4n) is 2.55. The third-order valence-corrected chi connectivity index (χ3v) is 3.84. The topological polar surface area (TPSA) is 121 Å². The molecule has 7 heteroatoms. The van der Waals surface area contributed by atoms with Crippen LogP contribution in [-0.4, -0.2) is 9.97 Å². The smallest absolute Gasteiger partial charge is 0.247 e. The van der Waals surface area contributed by atoms with Crippen molar-refractivity contribution >= 4 is 17.3 Å². The number of anilines is 3. The van der Waals surface area contributed by atoms with E-state index < -0.39 is 0 Å². The first-order valence-corrected chi connectivity index (χ1v) is 8.09. The lowest BCUT2D eigenvalue weighted by molar-refractivity contribution is 0.458. The van der Waals surface area contributed by atoms with Crippen LogP contribution >= 0.6 is 0 Å². The molecule has 132 valence electrons. The van der Waals surface area contributed by atoms with Gasteiger partial charge in [-0.3, -0.25) is 0 Å². The summed E-state index contributed by atoms with van der Waals surface area (Å²) in [5, 5.41) is 21.0. The highest BCUT2D eigenvalue weighted by Crippen LogP contribution is 2.32. The Morgan fingerprint density at radius 3 is 2.22 bits per heavy atom. The summed E-state index contributed by atoms with van der Waals surface area (Å²) in [6.07, 6.45) is 1.46. The largest absolute Gasteiger partial charge is 0.436 e. The van der Waals surface area contributed by atoms with Gasteiger partial charge in [0.05, 0.1) is 29.5 Å². The van der Waals surface area contributed by atoms with Crippen LogP contribution in [0, 0.1) is 36.5 Å². The summed E-state index contributed by atoms with van der Waals surface area (Å²) in [5.74, 6) is 1.13. The number of ether oxygens (including phenoxy) is 1. The second kappa shape index (κ2) is 7.42. The molecule has 0 radical (unpaired) electrons. The lowest BCUT2D eigenvalue weighted by atomic mass is 10.1. The molecule has 3 aromatic rings. The van der Waals surface area contributed by atoms with Crippen LogP contribution in [0.25, 0.3) is 0 Å². The van der Waals surface area contributed by atoms with Crippen LogP contribution in [0.15, 0.2) is 42.6 Å². The van der Waals surface area contributed by atoms with Gasteiger partial charge in [-0.1, -0.05) is 0 Å². The van der Waals surface area contributed by atoms with Crippen molar-refractivity contribution in [2.75, 3.05) is 11.1 Å². The van der Waals surface area contributed by atoms with Crippen LogP contribution in [0.2, 0.25) is 0 Å². The zero-order valence-corrected chi connectivity index (χ0v) is 14.8. The SMILES string of the molecule is Cc1cc(C#N)cc(C)c1Oc1nc(Nc2ccc(C#N)cc2)ncc1N. The number of nitrogens with two attached hydrogens (primary N) is 1. The summed E-state index contributed by atoms with van der Waals surface area (Å²) in [6.45, 7) is 3.72. The van der Waals surface area contributed by atoms with Crippen LogP contribution < -0.4 is 15.8 Å². The molecule has 0 fully saturated rings. The third kappa shape index (κ3) is 3.94. The van der Waals surface area contributed by atoms with Gasteiger partial charge in [-0.15, -0.1) is 0 Å². The maximum Gasteiger partial charge on any atom is 0.247 e. The van der Waals surface area contributed by atoms with Gasteiger partial charge in [0.25, 0.3) is 0 Å². The van der Waals surface area contributed by atoms with Crippen molar-refractivity contribution in [3.8, 4) is 23.8 Å². The molecule has 0 atom stereocenters. The van der Waals surface area contributed by atoms with Crippen molar-refractivity contribution in [1.82, 2.24) is 9.97 Å². The number of nitrogen functional groups attached to an aromatic ring is 1. The standard InChI is InChI=1S/C20H16N6O/c1-12-7-15(10-22)8-13(2)18(12)27-19-17(23)11-24-20(26-19)25-16-5-3-14(9-21)4-6-16/h3-8,11H,23H2,1-2H3,(H,24,25,26). The Hall–Kier alpha value is -4.10. The quantitative estimate of drug-likeness (QED) is 0.726. The van der Waals surface area contributed by atoms with Gasteiger partial charge < -0.3 is 15.8 Å². The van der Waals surface area contributed by atoms with Gasteiger partial charge in [0.2, 0.25) is 11.8 Å². The highest BCUT2D eigenvalue weighted by atomic mass is 16.5. The number of aromatic nitrogens is 2. The number of aryl methyl sites for hydroxylation is 2. The lowest BCUT2D eigenvalue weighted by Gasteiger charge is -2.14. The van der Waals surface area contributed by atoms with Crippen LogP contribution in [0.5, 0.6) is 11.6 Å². The summed E-state index contributed by atoms with van der Waals surface area (Å²) in [5.41, 5.74) is 9.74. The van der Waals surface area contributed by atoms with Crippen molar-refractivity contribution in [1.29, 1.82) is 10.5 Å². The number of nitrogens with one attached hydrogen (secondary N) is 1. The van der Waals surface area contributed by atoms with Gasteiger partial charge >= 0.3 is 0 Å². The van der Waals surface area contributed by atoms with Gasteiger partial charge in [0.1, 0.15) is 11.4 Å². The summed E-state index contributed by atoms with van der Waals surface area (Å²) in [4.78, 5) is 8.49. The Bertz CT molecular complexity index is 1050. The van der Waals surface area contributed by atoms with Crippen molar-refractivity contribution in [2.45, 2.75) is 13.8 Å². The van der Waals surface area contributed by atoms with Crippen LogP contribution in [0.1, 0.15) is 22.3 Å². The van der Waals surface area contributed by atoms with Gasteiger partial charge in [-0.05, 0) is 61.4 Å². The van der Waals surface area contributed by atoms with Crippen molar-refractivity contribution < 1.29 is 4.74 Å². The van der Waals surface area contributed by atoms with Gasteiger partial charge in [-0.2, -0.15) is 15.5 Å². The Labute approximate surface area is 156 Å². The van der Waals surface area contributed by atoms with Crippen molar-refractivity contribution in [3.05, 3.63) is 64.8 Å². The highest BCUT2D eigenvalue weighted by molar-refractivity contribution is 5.59. The molecule has 0 spiro atoms. The summed E-state index contributed by atoms with van der Waals surface area (Å²) in [7, 11) is 0. The molecule has 0 unspecified atom stereocenters. The predicted molar refractivity (Wildman–Crippen MR) is 102 cm³/mol. The number of nitrogens with zero attached hydrogens (tertiary/aromatic N) is 4. The molecule has 3 N–H and O–H groups in total. The van der Waals surface area contributed by atoms with E-state index in [0.717, 1.165) is 16.8 Å². The number of benzene rings is 2. The fraction of sp³-hybridized carbons (Fsp3) is 0.100. The van der Waals surface area contributed by atoms with Crippen LogP contribution in [-0.2, 0) is 0 Å². The number of nitriles is 2. The monoisotopic (exact) mass is 356 g/mol. The lowest BCUT2D eigenvalue weighted by Crippen LogP contribution is -2.03. The average molecular weight is 356 g/mol. The molecule has 1 aromatic heterocycles. The molecule has 7 nitrogen and oxygen atoms in total. The number of rotatable bonds is 4. The summed E-state index contributed by atoms with van der Waals surface area (Å²) < 4.78 is 5.92. The first-order valence-electron chi connectivity index (χ1n) is 8.09. The molecule has 0 bridgehead atoms. The molecule has 0 aliphatic rings. The van der Waals surface area contributed by atoms with Crippen molar-refractivity contribution in [3.63, 3.8) is 0 Å². The molecule has 3 rings (SSSR count). The third-order valence-electron chi connectivity index (χ3n) is 3.84. The summed E-state index contributed by atoms with van der Waals surface area (Å²) in [6, 6.07) is 14.6. The van der Waals surface area contributed by atoms with E-state index in [1.165, 1.54) is 6.20 Å². The van der Waals surface area contributed by atoms with E-state index in [4.69, 9.17) is 21.0 Å². The Kier molecular flexibility index (Phi) is 4.87. The van der Waals surface area contributed by atoms with Gasteiger partial charge in [0, 0.05) is 5.69 Å². The molecule has 0 saturated heterocycles. The molecule has 2 aromatic carbocycles. The van der Waals surface area contributed by atoms with Gasteiger partial charge in [0.15, 0.2) is 0 Å². The van der Waals surface area contributed by atoms with Crippen LogP contribution in [0.3, 0.4) is 0 Å². The first-order chi connectivity index (χ1) is 13.0. The Balaban J connectivity index is 1.88. The normalized spacial score (nSPS) is 9.93. The average Bonchev–Trinajstić information content (AvgIpc) is 2.67. The molecule has 0 aliphatic carbocycles. The summed E-state index contributed by atoms with van der Waals surface area (Å²) >= 11 is 0. The molecule has 0 amide bonds. The minimum atomic E-state index is 0.219. The highest BCUT2D eigenvalue weighted by Gasteiger charge is 2.12. The minimum Gasteiger partial charge on any atom is -0.436 e. The second-order valence-corrected chi connectivity index (χ2v) is 5.92. The van der Waals surface area contributed by atoms with E-state index in [2.05, 4.69) is 27.4 Å². The number of hydrogen-bond acceptors (Lipinski definition) is 7. The van der Waals surface area contributed by atoms with Crippen molar-refractivity contribution in [2.24, 2.45) is 0 Å². The maximum absolute atomic E-state index is 9.06. The Morgan fingerprint density at radius 2 is 1.63 bits per heavy atom. The van der Waals surface area contributed by atoms with E-state index in [1.807, 2.05) is 13.8 Å². The molecular weight excluding hydrogens is 340 g/mol. The van der Waals surface area contributed by atoms with Crippen LogP contribution in [0.4, 0.5) is 17.3 Å². The number of hydrogen-bond donors (Lipinski definition) is 2. The van der Waals surface area contributed by atoms with Gasteiger partial charge in [-0.25, -0.2) is 4.98 Å². The maximum atomic E-state index is 9.06. The first kappa shape index (κ1) is 17.7. The molecule has 27 heavy (non-hydrogen) atoms. The zero-order valence-electron chi connectivity index (χ0n) is 14.8. The van der Waals surface area contributed by atoms with E-state index in [9.17, 15) is 0 Å². The zero-order chi connectivity index (χ0) is 19.4. The van der Waals surface area contributed by atoms with E-state index in [1.54, 1.807) is 36.4 Å². The Morgan fingerprint density at radius 1 is 1.00 bits per heavy atom. The predicted octanol–water partition coefficient (Wildman–Crippen LogP) is 3.95. The molecule has 1 heterocycles. The second-order valence-electron chi connectivity index (χ2n) is 5.92. The minimum absolute atomic E-state index is 0.219. The fourth-order valence-corrected chi connectivity index (χ4v) is 2.55. The van der Waals surface area contributed by atoms with E-state index in [0.29, 0.717) is 28.5 Å². The molecular formula is C20H16N6O.